The van der Waals surface area contributed by atoms with E-state index in [0.29, 0.717) is 34.2 Å². The number of sulfone groups is 1. The third-order valence-corrected chi connectivity index (χ3v) is 5.30. The molecule has 0 aromatic carbocycles. The van der Waals surface area contributed by atoms with Crippen molar-refractivity contribution >= 4 is 38.7 Å². The minimum atomic E-state index is -3.49. The number of aryl methyl sites for hydroxylation is 1. The van der Waals surface area contributed by atoms with Gasteiger partial charge in [-0.3, -0.25) is 4.79 Å². The van der Waals surface area contributed by atoms with E-state index in [4.69, 9.17) is 0 Å². The molecule has 0 aliphatic heterocycles. The van der Waals surface area contributed by atoms with Gasteiger partial charge >= 0.3 is 0 Å². The van der Waals surface area contributed by atoms with Gasteiger partial charge in [0.25, 0.3) is 0 Å². The fraction of sp³-hybridized carbons (Fsp3) is 0.150. The van der Waals surface area contributed by atoms with Gasteiger partial charge in [0.1, 0.15) is 11.6 Å². The minimum absolute atomic E-state index is 0.0364. The van der Waals surface area contributed by atoms with Gasteiger partial charge in [-0.15, -0.1) is 0 Å². The number of carbonyl (C=O) groups is 1. The number of pyridine rings is 2. The molecule has 4 rings (SSSR count). The Morgan fingerprint density at radius 2 is 1.90 bits per heavy atom. The first-order valence-electron chi connectivity index (χ1n) is 9.23. The Kier molecular flexibility index (Phi) is 5.11. The van der Waals surface area contributed by atoms with E-state index in [0.717, 1.165) is 11.8 Å². The zero-order valence-corrected chi connectivity index (χ0v) is 17.8. The van der Waals surface area contributed by atoms with Crippen LogP contribution in [0.2, 0.25) is 0 Å². The minimum Gasteiger partial charge on any atom is -0.339 e. The molecule has 10 nitrogen and oxygen atoms in total. The lowest BCUT2D eigenvalue weighted by Gasteiger charge is -2.14. The quantitative estimate of drug-likeness (QED) is 0.487. The van der Waals surface area contributed by atoms with Gasteiger partial charge in [0, 0.05) is 43.4 Å². The fourth-order valence-electron chi connectivity index (χ4n) is 3.00. The summed E-state index contributed by atoms with van der Waals surface area (Å²) in [5.74, 6) is 0.404. The van der Waals surface area contributed by atoms with Crippen LogP contribution in [-0.4, -0.2) is 45.1 Å². The molecule has 0 radical (unpaired) electrons. The highest BCUT2D eigenvalue weighted by Crippen LogP contribution is 2.31. The van der Waals surface area contributed by atoms with E-state index in [1.54, 1.807) is 48.2 Å². The first-order valence-corrected chi connectivity index (χ1v) is 11.1. The summed E-state index contributed by atoms with van der Waals surface area (Å²) < 4.78 is 25.6. The molecule has 11 heteroatoms. The summed E-state index contributed by atoms with van der Waals surface area (Å²) in [6.07, 6.45) is 6.06. The number of nitrogens with one attached hydrogen (secondary N) is 2. The van der Waals surface area contributed by atoms with E-state index in [-0.39, 0.29) is 10.9 Å². The van der Waals surface area contributed by atoms with E-state index in [1.165, 1.54) is 13.0 Å². The molecule has 4 aromatic rings. The van der Waals surface area contributed by atoms with E-state index in [2.05, 4.69) is 30.7 Å². The number of nitrogens with zero attached hydrogens (tertiary/aromatic N) is 5. The molecule has 0 aliphatic rings. The van der Waals surface area contributed by atoms with Crippen molar-refractivity contribution < 1.29 is 13.2 Å². The summed E-state index contributed by atoms with van der Waals surface area (Å²) in [5.41, 5.74) is 3.20. The maximum Gasteiger partial charge on any atom is 0.222 e. The highest BCUT2D eigenvalue weighted by molar-refractivity contribution is 7.90. The van der Waals surface area contributed by atoms with E-state index >= 15 is 0 Å². The van der Waals surface area contributed by atoms with E-state index < -0.39 is 9.84 Å². The third-order valence-electron chi connectivity index (χ3n) is 4.33. The topological polar surface area (TPSA) is 131 Å². The van der Waals surface area contributed by atoms with Crippen LogP contribution in [0.3, 0.4) is 0 Å². The van der Waals surface area contributed by atoms with Crippen LogP contribution < -0.4 is 10.6 Å². The molecule has 0 spiro atoms. The number of rotatable bonds is 5. The average Bonchev–Trinajstić information content (AvgIpc) is 3.14. The van der Waals surface area contributed by atoms with Gasteiger partial charge in [-0.05, 0) is 36.8 Å². The average molecular weight is 437 g/mol. The summed E-state index contributed by atoms with van der Waals surface area (Å²) in [4.78, 5) is 24.2. The monoisotopic (exact) mass is 437 g/mol. The van der Waals surface area contributed by atoms with Gasteiger partial charge in [-0.2, -0.15) is 5.10 Å². The zero-order chi connectivity index (χ0) is 22.2. The molecule has 4 heterocycles. The molecule has 4 aromatic heterocycles. The molecule has 31 heavy (non-hydrogen) atoms. The zero-order valence-electron chi connectivity index (χ0n) is 17.0. The molecule has 0 bridgehead atoms. The summed E-state index contributed by atoms with van der Waals surface area (Å²) in [5, 5.41) is 10.3. The standard InChI is InChI=1S/C20H19N7O3S/c1-12-8-18(25-20(9-12)31(3,29)30)24-16-10-17(23-13(2)28)22-11-14(16)15-4-5-19-21-6-7-27(19)26-15/h4-11H,1-3H3,(H2,22,23,24,25,28). The van der Waals surface area contributed by atoms with Gasteiger partial charge in [0.05, 0.1) is 11.4 Å². The normalized spacial score (nSPS) is 11.5. The predicted octanol–water partition coefficient (Wildman–Crippen LogP) is 2.60. The first kappa shape index (κ1) is 20.4. The maximum atomic E-state index is 12.0. The largest absolute Gasteiger partial charge is 0.339 e. The summed E-state index contributed by atoms with van der Waals surface area (Å²) in [7, 11) is -3.49. The van der Waals surface area contributed by atoms with Crippen molar-refractivity contribution in [1.82, 2.24) is 24.6 Å². The van der Waals surface area contributed by atoms with Crippen molar-refractivity contribution in [2.24, 2.45) is 0 Å². The van der Waals surface area contributed by atoms with Crippen molar-refractivity contribution in [2.45, 2.75) is 18.9 Å². The summed E-state index contributed by atoms with van der Waals surface area (Å²) in [6, 6.07) is 8.49. The summed E-state index contributed by atoms with van der Waals surface area (Å²) >= 11 is 0. The number of hydrogen-bond donors (Lipinski definition) is 2. The molecule has 0 saturated carbocycles. The van der Waals surface area contributed by atoms with E-state index in [9.17, 15) is 13.2 Å². The number of anilines is 3. The maximum absolute atomic E-state index is 12.0. The number of aromatic nitrogens is 5. The molecular formula is C20H19N7O3S. The molecule has 0 saturated heterocycles. The lowest BCUT2D eigenvalue weighted by molar-refractivity contribution is -0.114. The van der Waals surface area contributed by atoms with Crippen LogP contribution in [0.25, 0.3) is 16.9 Å². The number of amides is 1. The van der Waals surface area contributed by atoms with Crippen LogP contribution in [-0.2, 0) is 14.6 Å². The van der Waals surface area contributed by atoms with Crippen LogP contribution in [0.1, 0.15) is 12.5 Å². The second-order valence-corrected chi connectivity index (χ2v) is 8.97. The Morgan fingerprint density at radius 1 is 1.10 bits per heavy atom. The molecule has 1 amide bonds. The number of hydrogen-bond acceptors (Lipinski definition) is 8. The molecule has 2 N–H and O–H groups in total. The van der Waals surface area contributed by atoms with Gasteiger partial charge in [-0.1, -0.05) is 0 Å². The molecule has 0 fully saturated rings. The van der Waals surface area contributed by atoms with Crippen molar-refractivity contribution in [2.75, 3.05) is 16.9 Å². The van der Waals surface area contributed by atoms with Crippen LogP contribution in [0.4, 0.5) is 17.3 Å². The molecule has 0 atom stereocenters. The molecule has 0 unspecified atom stereocenters. The predicted molar refractivity (Wildman–Crippen MR) is 116 cm³/mol. The Balaban J connectivity index is 1.82. The van der Waals surface area contributed by atoms with Crippen molar-refractivity contribution in [3.63, 3.8) is 0 Å². The van der Waals surface area contributed by atoms with Crippen LogP contribution in [0.15, 0.2) is 53.9 Å². The van der Waals surface area contributed by atoms with E-state index in [1.807, 2.05) is 6.07 Å². The Bertz CT molecular complexity index is 1410. The molecule has 158 valence electrons. The van der Waals surface area contributed by atoms with Crippen LogP contribution >= 0.6 is 0 Å². The Labute approximate surface area is 178 Å². The molecular weight excluding hydrogens is 418 g/mol. The lowest BCUT2D eigenvalue weighted by atomic mass is 10.1. The first-order chi connectivity index (χ1) is 14.7. The molecule has 0 aliphatic carbocycles. The van der Waals surface area contributed by atoms with Crippen LogP contribution in [0.5, 0.6) is 0 Å². The number of fused-ring (bicyclic) bond motifs is 1. The van der Waals surface area contributed by atoms with Gasteiger partial charge in [-0.25, -0.2) is 27.9 Å². The Hall–Kier alpha value is -3.86. The Morgan fingerprint density at radius 3 is 2.65 bits per heavy atom. The SMILES string of the molecule is CC(=O)Nc1cc(Nc2cc(C)cc(S(C)(=O)=O)n2)c(-c2ccc3nccn3n2)cn1. The fourth-order valence-corrected chi connectivity index (χ4v) is 3.66. The van der Waals surface area contributed by atoms with Gasteiger partial charge < -0.3 is 10.6 Å². The summed E-state index contributed by atoms with van der Waals surface area (Å²) in [6.45, 7) is 3.17. The second kappa shape index (κ2) is 7.76. The number of imidazole rings is 1. The second-order valence-electron chi connectivity index (χ2n) is 7.01. The van der Waals surface area contributed by atoms with Crippen molar-refractivity contribution in [3.05, 3.63) is 54.5 Å². The smallest absolute Gasteiger partial charge is 0.222 e. The van der Waals surface area contributed by atoms with Gasteiger partial charge in [0.2, 0.25) is 5.91 Å². The third kappa shape index (κ3) is 4.51. The lowest BCUT2D eigenvalue weighted by Crippen LogP contribution is -2.09. The van der Waals surface area contributed by atoms with Crippen molar-refractivity contribution in [3.8, 4) is 11.3 Å². The van der Waals surface area contributed by atoms with Crippen LogP contribution in [0, 0.1) is 6.92 Å². The number of carbonyl (C=O) groups excluding carboxylic acids is 1. The highest BCUT2D eigenvalue weighted by Gasteiger charge is 2.15. The van der Waals surface area contributed by atoms with Crippen molar-refractivity contribution in [1.29, 1.82) is 0 Å². The highest BCUT2D eigenvalue weighted by atomic mass is 32.2. The van der Waals surface area contributed by atoms with Gasteiger partial charge in [0.15, 0.2) is 20.5 Å².